The number of ether oxygens (including phenoxy) is 1. The first kappa shape index (κ1) is 17.8. The average molecular weight is 350 g/mol. The van der Waals surface area contributed by atoms with Gasteiger partial charge in [0.05, 0.1) is 24.7 Å². The Bertz CT molecular complexity index is 576. The number of esters is 1. The van der Waals surface area contributed by atoms with E-state index in [2.05, 4.69) is 13.8 Å². The number of methoxy groups -OCH3 is 1. The highest BCUT2D eigenvalue weighted by molar-refractivity contribution is 5.77. The molecule has 0 aromatic rings. The molecule has 0 heterocycles. The van der Waals surface area contributed by atoms with Gasteiger partial charge < -0.3 is 14.9 Å². The Morgan fingerprint density at radius 3 is 2.56 bits per heavy atom. The van der Waals surface area contributed by atoms with Gasteiger partial charge in [-0.25, -0.2) is 0 Å². The van der Waals surface area contributed by atoms with Gasteiger partial charge in [0.1, 0.15) is 0 Å². The molecule has 0 saturated heterocycles. The Morgan fingerprint density at radius 2 is 1.88 bits per heavy atom. The molecule has 7 atom stereocenters. The molecular formula is C21H34O4. The molecule has 4 heteroatoms. The standard InChI is InChI=1S/C21H34O4/c1-18-8-4-9-19(2,17(23)25-3)15(18)7-10-20-11-14(5-6-16(18)20)21(24,12-20)13-22/h14-16,22,24H,4-13H2,1-3H3/t14-,15+,16+,18-,19-,20+,21+/m0/s1. The van der Waals surface area contributed by atoms with Gasteiger partial charge in [-0.1, -0.05) is 13.3 Å². The SMILES string of the molecule is COC(=O)[C@@]1(C)CCC[C@@]2(C)[C@H]1CC[C@]13C[C@H](CC[C@@H]12)[C@](O)(CO)C3. The average Bonchev–Trinajstić information content (AvgIpc) is 2.80. The van der Waals surface area contributed by atoms with Gasteiger partial charge in [0.15, 0.2) is 0 Å². The molecule has 0 aliphatic heterocycles. The van der Waals surface area contributed by atoms with Crippen LogP contribution in [0.2, 0.25) is 0 Å². The Morgan fingerprint density at radius 1 is 1.12 bits per heavy atom. The van der Waals surface area contributed by atoms with Crippen LogP contribution in [0.15, 0.2) is 0 Å². The lowest BCUT2D eigenvalue weighted by molar-refractivity contribution is -0.184. The Kier molecular flexibility index (Phi) is 3.88. The monoisotopic (exact) mass is 350 g/mol. The van der Waals surface area contributed by atoms with Crippen molar-refractivity contribution in [2.75, 3.05) is 13.7 Å². The molecule has 0 radical (unpaired) electrons. The fraction of sp³-hybridized carbons (Fsp3) is 0.952. The maximum atomic E-state index is 12.7. The molecule has 2 bridgehead atoms. The summed E-state index contributed by atoms with van der Waals surface area (Å²) in [6.45, 7) is 4.44. The Balaban J connectivity index is 1.71. The molecule has 4 aliphatic rings. The molecule has 0 unspecified atom stereocenters. The van der Waals surface area contributed by atoms with E-state index >= 15 is 0 Å². The minimum absolute atomic E-state index is 0.0358. The highest BCUT2D eigenvalue weighted by Gasteiger charge is 2.68. The van der Waals surface area contributed by atoms with Crippen LogP contribution in [0.4, 0.5) is 0 Å². The predicted molar refractivity (Wildman–Crippen MR) is 94.7 cm³/mol. The molecule has 4 rings (SSSR count). The highest BCUT2D eigenvalue weighted by Crippen LogP contribution is 2.72. The van der Waals surface area contributed by atoms with E-state index in [1.165, 1.54) is 13.5 Å². The number of carbonyl (C=O) groups excluding carboxylic acids is 1. The first-order valence-corrected chi connectivity index (χ1v) is 10.2. The van der Waals surface area contributed by atoms with Crippen molar-refractivity contribution in [3.63, 3.8) is 0 Å². The zero-order valence-corrected chi connectivity index (χ0v) is 16.0. The van der Waals surface area contributed by atoms with E-state index in [0.717, 1.165) is 51.4 Å². The topological polar surface area (TPSA) is 66.8 Å². The van der Waals surface area contributed by atoms with Gasteiger partial charge in [-0.05, 0) is 86.9 Å². The summed E-state index contributed by atoms with van der Waals surface area (Å²) in [5.74, 6) is 1.15. The molecule has 25 heavy (non-hydrogen) atoms. The van der Waals surface area contributed by atoms with Crippen molar-refractivity contribution in [2.24, 2.45) is 34.0 Å². The summed E-state index contributed by atoms with van der Waals surface area (Å²) >= 11 is 0. The van der Waals surface area contributed by atoms with Gasteiger partial charge in [-0.3, -0.25) is 4.79 Å². The molecule has 0 amide bonds. The first-order chi connectivity index (χ1) is 11.7. The largest absolute Gasteiger partial charge is 0.469 e. The lowest BCUT2D eigenvalue weighted by Crippen LogP contribution is -2.58. The van der Waals surface area contributed by atoms with Crippen LogP contribution < -0.4 is 0 Å². The van der Waals surface area contributed by atoms with Crippen molar-refractivity contribution >= 4 is 5.97 Å². The van der Waals surface area contributed by atoms with Crippen LogP contribution in [0.25, 0.3) is 0 Å². The summed E-state index contributed by atoms with van der Waals surface area (Å²) in [7, 11) is 1.52. The molecule has 0 aromatic carbocycles. The maximum Gasteiger partial charge on any atom is 0.311 e. The zero-order valence-electron chi connectivity index (χ0n) is 16.0. The maximum absolute atomic E-state index is 12.7. The molecule has 0 aromatic heterocycles. The summed E-state index contributed by atoms with van der Waals surface area (Å²) in [5, 5.41) is 20.8. The predicted octanol–water partition coefficient (Wildman–Crippen LogP) is 3.30. The van der Waals surface area contributed by atoms with E-state index in [1.54, 1.807) is 0 Å². The van der Waals surface area contributed by atoms with Crippen LogP contribution >= 0.6 is 0 Å². The second-order valence-corrected chi connectivity index (χ2v) is 10.2. The smallest absolute Gasteiger partial charge is 0.311 e. The van der Waals surface area contributed by atoms with Crippen molar-refractivity contribution < 1.29 is 19.7 Å². The summed E-state index contributed by atoms with van der Waals surface area (Å²) < 4.78 is 5.22. The minimum atomic E-state index is -0.877. The van der Waals surface area contributed by atoms with E-state index in [0.29, 0.717) is 11.8 Å². The van der Waals surface area contributed by atoms with Crippen LogP contribution in [0.3, 0.4) is 0 Å². The van der Waals surface area contributed by atoms with E-state index in [1.807, 2.05) is 0 Å². The van der Waals surface area contributed by atoms with E-state index in [-0.39, 0.29) is 34.7 Å². The molecule has 4 aliphatic carbocycles. The molecule has 1 spiro atoms. The van der Waals surface area contributed by atoms with Crippen LogP contribution in [0.5, 0.6) is 0 Å². The normalized spacial score (nSPS) is 54.5. The van der Waals surface area contributed by atoms with Crippen molar-refractivity contribution in [3.05, 3.63) is 0 Å². The van der Waals surface area contributed by atoms with E-state index in [4.69, 9.17) is 4.74 Å². The molecule has 4 fully saturated rings. The van der Waals surface area contributed by atoms with Gasteiger partial charge in [-0.2, -0.15) is 0 Å². The number of aliphatic hydroxyl groups is 2. The Hall–Kier alpha value is -0.610. The van der Waals surface area contributed by atoms with Gasteiger partial charge in [0.25, 0.3) is 0 Å². The van der Waals surface area contributed by atoms with Gasteiger partial charge in [0.2, 0.25) is 0 Å². The summed E-state index contributed by atoms with van der Waals surface area (Å²) in [6.07, 6.45) is 9.30. The third kappa shape index (κ3) is 2.16. The molecule has 4 nitrogen and oxygen atoms in total. The van der Waals surface area contributed by atoms with Crippen LogP contribution in [-0.2, 0) is 9.53 Å². The fourth-order valence-corrected chi connectivity index (χ4v) is 8.28. The Labute approximate surface area is 151 Å². The number of hydrogen-bond acceptors (Lipinski definition) is 4. The second kappa shape index (κ2) is 5.45. The third-order valence-electron chi connectivity index (χ3n) is 9.24. The highest BCUT2D eigenvalue weighted by atomic mass is 16.5. The lowest BCUT2D eigenvalue weighted by atomic mass is 9.41. The van der Waals surface area contributed by atoms with Crippen LogP contribution in [0, 0.1) is 34.0 Å². The molecule has 4 saturated carbocycles. The number of carbonyl (C=O) groups is 1. The van der Waals surface area contributed by atoms with Gasteiger partial charge >= 0.3 is 5.97 Å². The van der Waals surface area contributed by atoms with E-state index < -0.39 is 5.60 Å². The van der Waals surface area contributed by atoms with Crippen molar-refractivity contribution in [2.45, 2.75) is 77.2 Å². The lowest BCUT2D eigenvalue weighted by Gasteiger charge is -2.63. The molecule has 2 N–H and O–H groups in total. The molecule has 142 valence electrons. The quantitative estimate of drug-likeness (QED) is 0.750. The van der Waals surface area contributed by atoms with Gasteiger partial charge in [-0.15, -0.1) is 0 Å². The third-order valence-corrected chi connectivity index (χ3v) is 9.24. The summed E-state index contributed by atoms with van der Waals surface area (Å²) in [4.78, 5) is 12.7. The summed E-state index contributed by atoms with van der Waals surface area (Å²) in [5.41, 5.74) is -0.935. The van der Waals surface area contributed by atoms with Crippen LogP contribution in [-0.4, -0.2) is 35.5 Å². The first-order valence-electron chi connectivity index (χ1n) is 10.2. The van der Waals surface area contributed by atoms with E-state index in [9.17, 15) is 15.0 Å². The zero-order chi connectivity index (χ0) is 18.1. The van der Waals surface area contributed by atoms with Gasteiger partial charge in [0, 0.05) is 0 Å². The number of hydrogen-bond donors (Lipinski definition) is 2. The number of fused-ring (bicyclic) bond motifs is 3. The van der Waals surface area contributed by atoms with Crippen molar-refractivity contribution in [1.29, 1.82) is 0 Å². The molecular weight excluding hydrogens is 316 g/mol. The number of aliphatic hydroxyl groups excluding tert-OH is 1. The van der Waals surface area contributed by atoms with Crippen LogP contribution in [0.1, 0.15) is 71.6 Å². The van der Waals surface area contributed by atoms with Crippen molar-refractivity contribution in [3.8, 4) is 0 Å². The second-order valence-electron chi connectivity index (χ2n) is 10.2. The fourth-order valence-electron chi connectivity index (χ4n) is 8.28. The van der Waals surface area contributed by atoms with Crippen molar-refractivity contribution in [1.82, 2.24) is 0 Å². The summed E-state index contributed by atoms with van der Waals surface area (Å²) in [6, 6.07) is 0. The minimum Gasteiger partial charge on any atom is -0.469 e. The number of rotatable bonds is 2.